The first kappa shape index (κ1) is 9.45. The summed E-state index contributed by atoms with van der Waals surface area (Å²) in [6, 6.07) is 5.93. The average Bonchev–Trinajstić information content (AvgIpc) is 2.46. The molecule has 1 aromatic rings. The number of nitrogens with zero attached hydrogens (tertiary/aromatic N) is 1. The summed E-state index contributed by atoms with van der Waals surface area (Å²) in [7, 11) is -3.27. The van der Waals surface area contributed by atoms with Crippen molar-refractivity contribution in [3.05, 3.63) is 30.1 Å². The van der Waals surface area contributed by atoms with Crippen LogP contribution in [-0.2, 0) is 10.0 Å². The molecule has 0 unspecified atom stereocenters. The fourth-order valence-electron chi connectivity index (χ4n) is 1.56. The van der Waals surface area contributed by atoms with Crippen LogP contribution in [-0.4, -0.2) is 20.7 Å². The summed E-state index contributed by atoms with van der Waals surface area (Å²) in [4.78, 5) is 0. The molecule has 1 fully saturated rings. The van der Waals surface area contributed by atoms with E-state index in [1.807, 2.05) is 0 Å². The molecule has 2 rings (SSSR count). The van der Waals surface area contributed by atoms with Gasteiger partial charge in [0.1, 0.15) is 5.82 Å². The third-order valence-corrected chi connectivity index (χ3v) is 4.08. The molecule has 1 aliphatic heterocycles. The van der Waals surface area contributed by atoms with Crippen molar-refractivity contribution in [2.75, 3.05) is 16.6 Å². The van der Waals surface area contributed by atoms with E-state index >= 15 is 0 Å². The van der Waals surface area contributed by atoms with Gasteiger partial charge < -0.3 is 0 Å². The predicted molar refractivity (Wildman–Crippen MR) is 52.1 cm³/mol. The van der Waals surface area contributed by atoms with Gasteiger partial charge in [-0.2, -0.15) is 0 Å². The molecule has 0 N–H and O–H groups in total. The minimum absolute atomic E-state index is 0.112. The van der Waals surface area contributed by atoms with Gasteiger partial charge >= 0.3 is 0 Å². The molecule has 0 saturated carbocycles. The molecule has 1 aromatic carbocycles. The molecule has 3 nitrogen and oxygen atoms in total. The third kappa shape index (κ3) is 1.48. The lowest BCUT2D eigenvalue weighted by Crippen LogP contribution is -2.25. The van der Waals surface area contributed by atoms with Crippen molar-refractivity contribution in [3.8, 4) is 0 Å². The topological polar surface area (TPSA) is 37.4 Å². The second-order valence-corrected chi connectivity index (χ2v) is 5.21. The molecule has 0 spiro atoms. The summed E-state index contributed by atoms with van der Waals surface area (Å²) in [5.74, 6) is -0.376. The van der Waals surface area contributed by atoms with Gasteiger partial charge in [-0.1, -0.05) is 12.1 Å². The van der Waals surface area contributed by atoms with Gasteiger partial charge in [-0.3, -0.25) is 4.31 Å². The molecule has 76 valence electrons. The van der Waals surface area contributed by atoms with E-state index < -0.39 is 15.8 Å². The van der Waals surface area contributed by atoms with Gasteiger partial charge in [-0.05, 0) is 18.6 Å². The molecule has 5 heteroatoms. The Balaban J connectivity index is 2.46. The Labute approximate surface area is 82.2 Å². The fourth-order valence-corrected chi connectivity index (χ4v) is 3.13. The normalized spacial score (nSPS) is 19.9. The molecular formula is C9H10FNO2S. The molecule has 0 amide bonds. The zero-order valence-corrected chi connectivity index (χ0v) is 8.30. The van der Waals surface area contributed by atoms with E-state index in [0.29, 0.717) is 13.0 Å². The van der Waals surface area contributed by atoms with Gasteiger partial charge in [0.25, 0.3) is 0 Å². The number of hydrogen-bond donors (Lipinski definition) is 0. The Morgan fingerprint density at radius 2 is 2.00 bits per heavy atom. The average molecular weight is 215 g/mol. The Morgan fingerprint density at radius 1 is 1.29 bits per heavy atom. The summed E-state index contributed by atoms with van der Waals surface area (Å²) >= 11 is 0. The molecule has 1 aliphatic rings. The number of anilines is 1. The number of rotatable bonds is 1. The zero-order valence-electron chi connectivity index (χ0n) is 7.48. The van der Waals surface area contributed by atoms with Gasteiger partial charge in [0.15, 0.2) is 0 Å². The Kier molecular flexibility index (Phi) is 2.19. The number of sulfonamides is 1. The van der Waals surface area contributed by atoms with Crippen molar-refractivity contribution in [3.63, 3.8) is 0 Å². The summed E-state index contributed by atoms with van der Waals surface area (Å²) in [5, 5.41) is 0. The molecule has 1 heterocycles. The zero-order chi connectivity index (χ0) is 10.2. The fraction of sp³-hybridized carbons (Fsp3) is 0.333. The van der Waals surface area contributed by atoms with Crippen LogP contribution in [0.4, 0.5) is 10.1 Å². The van der Waals surface area contributed by atoms with E-state index in [1.165, 1.54) is 12.1 Å². The molecule has 0 aromatic heterocycles. The molecule has 0 radical (unpaired) electrons. The van der Waals surface area contributed by atoms with E-state index in [9.17, 15) is 12.8 Å². The Hall–Kier alpha value is -1.10. The first-order valence-electron chi connectivity index (χ1n) is 4.36. The van der Waals surface area contributed by atoms with Crippen LogP contribution in [0.3, 0.4) is 0 Å². The Bertz CT molecular complexity index is 444. The number of halogens is 1. The lowest BCUT2D eigenvalue weighted by Gasteiger charge is -2.16. The standard InChI is InChI=1S/C9H10FNO2S/c10-8-4-1-2-5-9(8)11-6-3-7-14(11,12)13/h1-2,4-5H,3,6-7H2. The SMILES string of the molecule is O=S1(=O)CCCN1c1ccccc1F. The Morgan fingerprint density at radius 3 is 2.57 bits per heavy atom. The van der Waals surface area contributed by atoms with E-state index in [0.717, 1.165) is 4.31 Å². The summed E-state index contributed by atoms with van der Waals surface area (Å²) in [6.07, 6.45) is 0.566. The molecule has 14 heavy (non-hydrogen) atoms. The quantitative estimate of drug-likeness (QED) is 0.709. The highest BCUT2D eigenvalue weighted by Gasteiger charge is 2.29. The summed E-state index contributed by atoms with van der Waals surface area (Å²) < 4.78 is 37.4. The highest BCUT2D eigenvalue weighted by molar-refractivity contribution is 7.93. The first-order chi connectivity index (χ1) is 6.61. The van der Waals surface area contributed by atoms with Gasteiger partial charge in [-0.15, -0.1) is 0 Å². The smallest absolute Gasteiger partial charge is 0.235 e. The first-order valence-corrected chi connectivity index (χ1v) is 5.97. The molecule has 1 saturated heterocycles. The van der Waals surface area contributed by atoms with Crippen molar-refractivity contribution in [2.24, 2.45) is 0 Å². The number of hydrogen-bond acceptors (Lipinski definition) is 2. The predicted octanol–water partition coefficient (Wildman–Crippen LogP) is 1.37. The van der Waals surface area contributed by atoms with Crippen LogP contribution >= 0.6 is 0 Å². The lowest BCUT2D eigenvalue weighted by atomic mass is 10.3. The van der Waals surface area contributed by atoms with Crippen molar-refractivity contribution < 1.29 is 12.8 Å². The van der Waals surface area contributed by atoms with Crippen LogP contribution in [0.25, 0.3) is 0 Å². The second kappa shape index (κ2) is 3.24. The van der Waals surface area contributed by atoms with Gasteiger partial charge in [-0.25, -0.2) is 12.8 Å². The number of para-hydroxylation sites is 1. The van der Waals surface area contributed by atoms with E-state index in [1.54, 1.807) is 12.1 Å². The van der Waals surface area contributed by atoms with Crippen molar-refractivity contribution >= 4 is 15.7 Å². The maximum Gasteiger partial charge on any atom is 0.235 e. The van der Waals surface area contributed by atoms with Crippen LogP contribution < -0.4 is 4.31 Å². The van der Waals surface area contributed by atoms with Gasteiger partial charge in [0.2, 0.25) is 10.0 Å². The minimum atomic E-state index is -3.27. The molecule has 0 atom stereocenters. The minimum Gasteiger partial charge on any atom is -0.267 e. The highest BCUT2D eigenvalue weighted by atomic mass is 32.2. The molecule has 0 aliphatic carbocycles. The third-order valence-electron chi connectivity index (χ3n) is 2.22. The monoisotopic (exact) mass is 215 g/mol. The van der Waals surface area contributed by atoms with Crippen LogP contribution in [0.5, 0.6) is 0 Å². The van der Waals surface area contributed by atoms with Crippen LogP contribution in [0.1, 0.15) is 6.42 Å². The van der Waals surface area contributed by atoms with Gasteiger partial charge in [0, 0.05) is 6.54 Å². The van der Waals surface area contributed by atoms with Crippen LogP contribution in [0.2, 0.25) is 0 Å². The number of benzene rings is 1. The van der Waals surface area contributed by atoms with E-state index in [2.05, 4.69) is 0 Å². The lowest BCUT2D eigenvalue weighted by molar-refractivity contribution is 0.595. The van der Waals surface area contributed by atoms with Crippen LogP contribution in [0, 0.1) is 5.82 Å². The maximum absolute atomic E-state index is 13.3. The highest BCUT2D eigenvalue weighted by Crippen LogP contribution is 2.25. The molecule has 0 bridgehead atoms. The van der Waals surface area contributed by atoms with Crippen molar-refractivity contribution in [2.45, 2.75) is 6.42 Å². The van der Waals surface area contributed by atoms with E-state index in [-0.39, 0.29) is 11.4 Å². The van der Waals surface area contributed by atoms with Gasteiger partial charge in [0.05, 0.1) is 11.4 Å². The molecular weight excluding hydrogens is 205 g/mol. The largest absolute Gasteiger partial charge is 0.267 e. The van der Waals surface area contributed by atoms with E-state index in [4.69, 9.17) is 0 Å². The van der Waals surface area contributed by atoms with Crippen molar-refractivity contribution in [1.82, 2.24) is 0 Å². The van der Waals surface area contributed by atoms with Crippen LogP contribution in [0.15, 0.2) is 24.3 Å². The summed E-state index contributed by atoms with van der Waals surface area (Å²) in [5.41, 5.74) is 0.157. The summed E-state index contributed by atoms with van der Waals surface area (Å²) in [6.45, 7) is 0.378. The van der Waals surface area contributed by atoms with Crippen molar-refractivity contribution in [1.29, 1.82) is 0 Å². The second-order valence-electron chi connectivity index (χ2n) is 3.19. The maximum atomic E-state index is 13.3.